The van der Waals surface area contributed by atoms with Crippen LogP contribution in [0.5, 0.6) is 11.5 Å². The van der Waals surface area contributed by atoms with Crippen molar-refractivity contribution in [2.24, 2.45) is 0 Å². The maximum atomic E-state index is 12.4. The molecule has 122 valence electrons. The van der Waals surface area contributed by atoms with Gasteiger partial charge in [0, 0.05) is 5.02 Å². The number of carbonyl (C=O) groups is 1. The quantitative estimate of drug-likeness (QED) is 0.716. The second kappa shape index (κ2) is 6.12. The predicted octanol–water partition coefficient (Wildman–Crippen LogP) is 4.38. The molecule has 0 saturated carbocycles. The van der Waals surface area contributed by atoms with E-state index in [1.807, 2.05) is 12.1 Å². The lowest BCUT2D eigenvalue weighted by molar-refractivity contribution is -0.125. The Morgan fingerprint density at radius 2 is 2.04 bits per heavy atom. The molecule has 8 heteroatoms. The molecule has 0 radical (unpaired) electrons. The Kier molecular flexibility index (Phi) is 3.96. The molecule has 0 aliphatic carbocycles. The van der Waals surface area contributed by atoms with Crippen molar-refractivity contribution in [2.45, 2.75) is 6.10 Å². The van der Waals surface area contributed by atoms with E-state index in [0.29, 0.717) is 32.2 Å². The van der Waals surface area contributed by atoms with E-state index in [0.717, 1.165) is 4.70 Å². The van der Waals surface area contributed by atoms with Crippen LogP contribution in [0.2, 0.25) is 10.0 Å². The van der Waals surface area contributed by atoms with E-state index in [4.69, 9.17) is 32.7 Å². The monoisotopic (exact) mass is 380 g/mol. The third kappa shape index (κ3) is 2.88. The van der Waals surface area contributed by atoms with Crippen LogP contribution in [0.1, 0.15) is 0 Å². The van der Waals surface area contributed by atoms with Gasteiger partial charge in [0.1, 0.15) is 12.1 Å². The molecule has 0 fully saturated rings. The van der Waals surface area contributed by atoms with Crippen LogP contribution in [-0.4, -0.2) is 23.6 Å². The van der Waals surface area contributed by atoms with Gasteiger partial charge in [-0.2, -0.15) is 0 Å². The topological polar surface area (TPSA) is 60.5 Å². The van der Waals surface area contributed by atoms with Gasteiger partial charge in [-0.25, -0.2) is 4.98 Å². The zero-order chi connectivity index (χ0) is 16.7. The number of fused-ring (bicyclic) bond motifs is 2. The highest BCUT2D eigenvalue weighted by molar-refractivity contribution is 7.22. The van der Waals surface area contributed by atoms with Gasteiger partial charge < -0.3 is 9.47 Å². The fraction of sp³-hybridized carbons (Fsp3) is 0.125. The summed E-state index contributed by atoms with van der Waals surface area (Å²) < 4.78 is 12.0. The molecule has 0 saturated heterocycles. The number of carbonyl (C=O) groups excluding carboxylic acids is 1. The van der Waals surface area contributed by atoms with Crippen LogP contribution in [-0.2, 0) is 4.79 Å². The minimum Gasteiger partial charge on any atom is -0.485 e. The van der Waals surface area contributed by atoms with Gasteiger partial charge in [-0.1, -0.05) is 46.7 Å². The molecular formula is C16H10Cl2N2O3S. The number of aromatic nitrogens is 1. The molecule has 1 N–H and O–H groups in total. The van der Waals surface area contributed by atoms with Gasteiger partial charge in [0.2, 0.25) is 6.10 Å². The minimum absolute atomic E-state index is 0.139. The summed E-state index contributed by atoms with van der Waals surface area (Å²) in [6.45, 7) is 0.139. The molecular weight excluding hydrogens is 371 g/mol. The maximum Gasteiger partial charge on any atom is 0.270 e. The molecule has 1 atom stereocenters. The van der Waals surface area contributed by atoms with Crippen LogP contribution in [0.15, 0.2) is 36.4 Å². The van der Waals surface area contributed by atoms with Gasteiger partial charge in [0.25, 0.3) is 5.91 Å². The number of benzene rings is 2. The first-order valence-electron chi connectivity index (χ1n) is 7.05. The van der Waals surface area contributed by atoms with Gasteiger partial charge >= 0.3 is 0 Å². The lowest BCUT2D eigenvalue weighted by atomic mass is 10.2. The molecule has 1 aliphatic rings. The van der Waals surface area contributed by atoms with Gasteiger partial charge in [-0.05, 0) is 24.3 Å². The highest BCUT2D eigenvalue weighted by atomic mass is 35.5. The number of para-hydroxylation sites is 2. The Morgan fingerprint density at radius 3 is 2.88 bits per heavy atom. The van der Waals surface area contributed by atoms with Gasteiger partial charge in [0.15, 0.2) is 16.6 Å². The summed E-state index contributed by atoms with van der Waals surface area (Å²) in [5, 5.41) is 4.14. The summed E-state index contributed by atoms with van der Waals surface area (Å²) in [5.41, 5.74) is 0.604. The standard InChI is InChI=1S/C16H10Cl2N2O3S/c17-8-5-9(18)14-13(6-8)24-16(19-14)20-15(21)12-7-22-10-3-1-2-4-11(10)23-12/h1-6,12H,7H2,(H,19,20,21). The number of halogens is 2. The smallest absolute Gasteiger partial charge is 0.270 e. The summed E-state index contributed by atoms with van der Waals surface area (Å²) in [4.78, 5) is 16.7. The van der Waals surface area contributed by atoms with Crippen molar-refractivity contribution in [3.8, 4) is 11.5 Å². The normalized spacial score (nSPS) is 16.2. The zero-order valence-corrected chi connectivity index (χ0v) is 14.4. The number of anilines is 1. The van der Waals surface area contributed by atoms with Gasteiger partial charge in [0.05, 0.1) is 9.72 Å². The van der Waals surface area contributed by atoms with Crippen molar-refractivity contribution >= 4 is 55.8 Å². The molecule has 4 rings (SSSR count). The Hall–Kier alpha value is -2.02. The van der Waals surface area contributed by atoms with E-state index in [9.17, 15) is 4.79 Å². The fourth-order valence-corrected chi connectivity index (χ4v) is 3.94. The molecule has 0 bridgehead atoms. The van der Waals surface area contributed by atoms with Crippen LogP contribution < -0.4 is 14.8 Å². The van der Waals surface area contributed by atoms with E-state index >= 15 is 0 Å². The van der Waals surface area contributed by atoms with Crippen LogP contribution in [0.25, 0.3) is 10.2 Å². The second-order valence-electron chi connectivity index (χ2n) is 5.11. The number of hydrogen-bond donors (Lipinski definition) is 1. The van der Waals surface area contributed by atoms with E-state index in [1.54, 1.807) is 24.3 Å². The molecule has 5 nitrogen and oxygen atoms in total. The maximum absolute atomic E-state index is 12.4. The summed E-state index contributed by atoms with van der Waals surface area (Å²) in [6, 6.07) is 10.6. The number of nitrogens with zero attached hydrogens (tertiary/aromatic N) is 1. The molecule has 1 amide bonds. The zero-order valence-electron chi connectivity index (χ0n) is 12.1. The van der Waals surface area contributed by atoms with E-state index in [2.05, 4.69) is 10.3 Å². The van der Waals surface area contributed by atoms with Crippen molar-refractivity contribution in [3.05, 3.63) is 46.4 Å². The van der Waals surface area contributed by atoms with E-state index < -0.39 is 6.10 Å². The Morgan fingerprint density at radius 1 is 1.25 bits per heavy atom. The lowest BCUT2D eigenvalue weighted by Gasteiger charge is -2.25. The molecule has 1 unspecified atom stereocenters. The predicted molar refractivity (Wildman–Crippen MR) is 94.6 cm³/mol. The number of amides is 1. The average molecular weight is 381 g/mol. The molecule has 2 heterocycles. The van der Waals surface area contributed by atoms with Crippen molar-refractivity contribution in [1.29, 1.82) is 0 Å². The highest BCUT2D eigenvalue weighted by Crippen LogP contribution is 2.34. The Labute approximate surface area is 151 Å². The molecule has 3 aromatic rings. The first kappa shape index (κ1) is 15.5. The summed E-state index contributed by atoms with van der Waals surface area (Å²) in [7, 11) is 0. The number of ether oxygens (including phenoxy) is 2. The molecule has 1 aliphatic heterocycles. The van der Waals surface area contributed by atoms with Gasteiger partial charge in [-0.15, -0.1) is 0 Å². The molecule has 2 aromatic carbocycles. The first-order valence-corrected chi connectivity index (χ1v) is 8.62. The van der Waals surface area contributed by atoms with Crippen molar-refractivity contribution in [3.63, 3.8) is 0 Å². The number of thiazole rings is 1. The number of nitrogens with one attached hydrogen (secondary N) is 1. The molecule has 1 aromatic heterocycles. The van der Waals surface area contributed by atoms with Gasteiger partial charge in [-0.3, -0.25) is 10.1 Å². The third-order valence-corrected chi connectivity index (χ3v) is 4.87. The average Bonchev–Trinajstić information content (AvgIpc) is 2.97. The van der Waals surface area contributed by atoms with Crippen LogP contribution in [0.4, 0.5) is 5.13 Å². The SMILES string of the molecule is O=C(Nc1nc2c(Cl)cc(Cl)cc2s1)C1COc2ccccc2O1. The van der Waals surface area contributed by atoms with Crippen LogP contribution >= 0.6 is 34.5 Å². The van der Waals surface area contributed by atoms with E-state index in [1.165, 1.54) is 11.3 Å². The number of hydrogen-bond acceptors (Lipinski definition) is 5. The summed E-state index contributed by atoms with van der Waals surface area (Å²) >= 11 is 13.4. The Balaban J connectivity index is 1.54. The number of rotatable bonds is 2. The molecule has 0 spiro atoms. The van der Waals surface area contributed by atoms with E-state index in [-0.39, 0.29) is 12.5 Å². The fourth-order valence-electron chi connectivity index (χ4n) is 2.35. The second-order valence-corrected chi connectivity index (χ2v) is 6.98. The largest absolute Gasteiger partial charge is 0.485 e. The van der Waals surface area contributed by atoms with Crippen molar-refractivity contribution < 1.29 is 14.3 Å². The lowest BCUT2D eigenvalue weighted by Crippen LogP contribution is -2.40. The van der Waals surface area contributed by atoms with Crippen LogP contribution in [0, 0.1) is 0 Å². The highest BCUT2D eigenvalue weighted by Gasteiger charge is 2.28. The van der Waals surface area contributed by atoms with Crippen molar-refractivity contribution in [1.82, 2.24) is 4.98 Å². The van der Waals surface area contributed by atoms with Crippen LogP contribution in [0.3, 0.4) is 0 Å². The minimum atomic E-state index is -0.744. The third-order valence-electron chi connectivity index (χ3n) is 3.44. The van der Waals surface area contributed by atoms with Crippen molar-refractivity contribution in [2.75, 3.05) is 11.9 Å². The molecule has 24 heavy (non-hydrogen) atoms. The summed E-state index contributed by atoms with van der Waals surface area (Å²) in [5.74, 6) is 0.844. The Bertz CT molecular complexity index is 944. The first-order chi connectivity index (χ1) is 11.6. The summed E-state index contributed by atoms with van der Waals surface area (Å²) in [6.07, 6.45) is -0.744.